The van der Waals surface area contributed by atoms with Gasteiger partial charge >= 0.3 is 0 Å². The number of hydrogen-bond acceptors (Lipinski definition) is 6. The van der Waals surface area contributed by atoms with Crippen molar-refractivity contribution >= 4 is 10.9 Å². The van der Waals surface area contributed by atoms with E-state index in [1.807, 2.05) is 50.2 Å². The zero-order valence-corrected chi connectivity index (χ0v) is 19.0. The molecular formula is C26H28N4O3. The van der Waals surface area contributed by atoms with E-state index in [2.05, 4.69) is 15.5 Å². The monoisotopic (exact) mass is 444 g/mol. The summed E-state index contributed by atoms with van der Waals surface area (Å²) >= 11 is 0. The minimum Gasteiger partial charge on any atom is -0.493 e. The molecule has 3 aromatic heterocycles. The Labute approximate surface area is 192 Å². The van der Waals surface area contributed by atoms with Gasteiger partial charge < -0.3 is 19.1 Å². The van der Waals surface area contributed by atoms with E-state index in [0.29, 0.717) is 24.8 Å². The molecule has 7 heteroatoms. The highest BCUT2D eigenvalue weighted by atomic mass is 16.5. The van der Waals surface area contributed by atoms with Gasteiger partial charge in [-0.2, -0.15) is 0 Å². The SMILES string of the molecule is Cc1noc(C)c1-c1c(OCC2CCNCC2)ccc2ccc(=O)n(Cc3ccccn3)c12. The van der Waals surface area contributed by atoms with Gasteiger partial charge in [-0.05, 0) is 81.4 Å². The molecule has 5 rings (SSSR count). The molecule has 0 spiro atoms. The van der Waals surface area contributed by atoms with E-state index < -0.39 is 0 Å². The van der Waals surface area contributed by atoms with Crippen LogP contribution in [0.5, 0.6) is 5.75 Å². The molecule has 0 atom stereocenters. The second-order valence-corrected chi connectivity index (χ2v) is 8.66. The van der Waals surface area contributed by atoms with Gasteiger partial charge in [-0.15, -0.1) is 0 Å². The lowest BCUT2D eigenvalue weighted by molar-refractivity contribution is 0.216. The zero-order chi connectivity index (χ0) is 22.8. The van der Waals surface area contributed by atoms with Crippen molar-refractivity contribution in [2.45, 2.75) is 33.2 Å². The number of piperidine rings is 1. The highest BCUT2D eigenvalue weighted by Gasteiger charge is 2.23. The molecule has 4 aromatic rings. The van der Waals surface area contributed by atoms with Crippen molar-refractivity contribution in [3.63, 3.8) is 0 Å². The van der Waals surface area contributed by atoms with Gasteiger partial charge in [0.1, 0.15) is 11.5 Å². The van der Waals surface area contributed by atoms with Crippen LogP contribution < -0.4 is 15.6 Å². The summed E-state index contributed by atoms with van der Waals surface area (Å²) in [5, 5.41) is 8.54. The van der Waals surface area contributed by atoms with Crippen molar-refractivity contribution in [1.82, 2.24) is 20.0 Å². The number of aryl methyl sites for hydroxylation is 2. The molecule has 170 valence electrons. The summed E-state index contributed by atoms with van der Waals surface area (Å²) < 4.78 is 13.7. The maximum Gasteiger partial charge on any atom is 0.251 e. The number of rotatable bonds is 6. The van der Waals surface area contributed by atoms with Crippen LogP contribution in [0.25, 0.3) is 22.0 Å². The van der Waals surface area contributed by atoms with Crippen molar-refractivity contribution in [3.05, 3.63) is 76.2 Å². The number of hydrogen-bond donors (Lipinski definition) is 1. The molecule has 7 nitrogen and oxygen atoms in total. The standard InChI is InChI=1S/C26H28N4O3/c1-17-24(18(2)33-29-17)25-22(32-16-19-10-13-27-14-11-19)8-6-20-7-9-23(31)30(26(20)25)15-21-5-3-4-12-28-21/h3-9,12,19,27H,10-11,13-16H2,1-2H3. The maximum atomic E-state index is 13.1. The summed E-state index contributed by atoms with van der Waals surface area (Å²) in [7, 11) is 0. The van der Waals surface area contributed by atoms with E-state index in [9.17, 15) is 4.79 Å². The fourth-order valence-electron chi connectivity index (χ4n) is 4.64. The Morgan fingerprint density at radius 3 is 2.64 bits per heavy atom. The minimum absolute atomic E-state index is 0.0864. The summed E-state index contributed by atoms with van der Waals surface area (Å²) in [6, 6.07) is 13.2. The first-order chi connectivity index (χ1) is 16.1. The summed E-state index contributed by atoms with van der Waals surface area (Å²) in [6.45, 7) is 6.87. The molecule has 33 heavy (non-hydrogen) atoms. The first-order valence-corrected chi connectivity index (χ1v) is 11.4. The molecule has 4 heterocycles. The minimum atomic E-state index is -0.0864. The number of ether oxygens (including phenoxy) is 1. The average Bonchev–Trinajstić information content (AvgIpc) is 3.18. The van der Waals surface area contributed by atoms with Gasteiger partial charge in [0.2, 0.25) is 0 Å². The normalized spacial score (nSPS) is 14.6. The lowest BCUT2D eigenvalue weighted by atomic mass is 9.97. The first-order valence-electron chi connectivity index (χ1n) is 11.4. The van der Waals surface area contributed by atoms with E-state index in [1.165, 1.54) is 0 Å². The van der Waals surface area contributed by atoms with Crippen LogP contribution in [0.15, 0.2) is 58.0 Å². The Balaban J connectivity index is 1.69. The molecule has 1 aromatic carbocycles. The molecule has 0 bridgehead atoms. The van der Waals surface area contributed by atoms with E-state index in [4.69, 9.17) is 9.26 Å². The fraction of sp³-hybridized carbons (Fsp3) is 0.346. The maximum absolute atomic E-state index is 13.1. The number of fused-ring (bicyclic) bond motifs is 1. The topological polar surface area (TPSA) is 82.2 Å². The molecule has 0 amide bonds. The van der Waals surface area contributed by atoms with Gasteiger partial charge in [-0.25, -0.2) is 0 Å². The van der Waals surface area contributed by atoms with E-state index >= 15 is 0 Å². The van der Waals surface area contributed by atoms with Crippen molar-refractivity contribution < 1.29 is 9.26 Å². The van der Waals surface area contributed by atoms with E-state index in [-0.39, 0.29) is 5.56 Å². The predicted molar refractivity (Wildman–Crippen MR) is 128 cm³/mol. The van der Waals surface area contributed by atoms with Crippen molar-refractivity contribution in [2.24, 2.45) is 5.92 Å². The number of aromatic nitrogens is 3. The molecule has 1 N–H and O–H groups in total. The van der Waals surface area contributed by atoms with Crippen LogP contribution in [-0.4, -0.2) is 34.4 Å². The smallest absolute Gasteiger partial charge is 0.251 e. The van der Waals surface area contributed by atoms with Gasteiger partial charge in [-0.3, -0.25) is 9.78 Å². The predicted octanol–water partition coefficient (Wildman–Crippen LogP) is 4.10. The van der Waals surface area contributed by atoms with Gasteiger partial charge in [0.15, 0.2) is 0 Å². The Hall–Kier alpha value is -3.45. The Kier molecular flexibility index (Phi) is 5.96. The van der Waals surface area contributed by atoms with Crippen LogP contribution in [0.3, 0.4) is 0 Å². The van der Waals surface area contributed by atoms with Crippen LogP contribution in [0.4, 0.5) is 0 Å². The largest absolute Gasteiger partial charge is 0.493 e. The van der Waals surface area contributed by atoms with Gasteiger partial charge in [0.25, 0.3) is 5.56 Å². The van der Waals surface area contributed by atoms with Crippen LogP contribution in [0, 0.1) is 19.8 Å². The Morgan fingerprint density at radius 2 is 1.91 bits per heavy atom. The van der Waals surface area contributed by atoms with Crippen LogP contribution in [0.1, 0.15) is 30.0 Å². The third-order valence-corrected chi connectivity index (χ3v) is 6.38. The average molecular weight is 445 g/mol. The highest BCUT2D eigenvalue weighted by molar-refractivity contribution is 5.98. The Morgan fingerprint density at radius 1 is 1.09 bits per heavy atom. The van der Waals surface area contributed by atoms with Crippen molar-refractivity contribution in [1.29, 1.82) is 0 Å². The zero-order valence-electron chi connectivity index (χ0n) is 19.0. The number of benzene rings is 1. The first kappa shape index (κ1) is 21.4. The Bertz CT molecular complexity index is 1300. The summed E-state index contributed by atoms with van der Waals surface area (Å²) in [4.78, 5) is 17.5. The molecule has 0 radical (unpaired) electrons. The van der Waals surface area contributed by atoms with Crippen LogP contribution >= 0.6 is 0 Å². The van der Waals surface area contributed by atoms with Crippen molar-refractivity contribution in [3.8, 4) is 16.9 Å². The molecule has 1 aliphatic rings. The lowest BCUT2D eigenvalue weighted by Crippen LogP contribution is -2.30. The number of nitrogens with one attached hydrogen (secondary N) is 1. The summed E-state index contributed by atoms with van der Waals surface area (Å²) in [5.74, 6) is 1.95. The molecular weight excluding hydrogens is 416 g/mol. The lowest BCUT2D eigenvalue weighted by Gasteiger charge is -2.24. The van der Waals surface area contributed by atoms with Crippen molar-refractivity contribution in [2.75, 3.05) is 19.7 Å². The molecule has 1 saturated heterocycles. The quantitative estimate of drug-likeness (QED) is 0.482. The van der Waals surface area contributed by atoms with Crippen LogP contribution in [0.2, 0.25) is 0 Å². The van der Waals surface area contributed by atoms with Gasteiger partial charge in [0, 0.05) is 12.3 Å². The number of nitrogens with zero attached hydrogens (tertiary/aromatic N) is 3. The molecule has 0 saturated carbocycles. The molecule has 1 aliphatic heterocycles. The van der Waals surface area contributed by atoms with Gasteiger partial charge in [0.05, 0.1) is 41.2 Å². The molecule has 0 unspecified atom stereocenters. The van der Waals surface area contributed by atoms with E-state index in [0.717, 1.165) is 65.1 Å². The third kappa shape index (κ3) is 4.28. The van der Waals surface area contributed by atoms with Gasteiger partial charge in [-0.1, -0.05) is 11.2 Å². The summed E-state index contributed by atoms with van der Waals surface area (Å²) in [5.41, 5.74) is 4.04. The molecule has 0 aliphatic carbocycles. The highest BCUT2D eigenvalue weighted by Crippen LogP contribution is 2.40. The number of pyridine rings is 2. The fourth-order valence-corrected chi connectivity index (χ4v) is 4.64. The summed E-state index contributed by atoms with van der Waals surface area (Å²) in [6.07, 6.45) is 3.94. The third-order valence-electron chi connectivity index (χ3n) is 6.38. The van der Waals surface area contributed by atoms with E-state index in [1.54, 1.807) is 16.8 Å². The molecule has 1 fully saturated rings. The van der Waals surface area contributed by atoms with Crippen LogP contribution in [-0.2, 0) is 6.54 Å². The second-order valence-electron chi connectivity index (χ2n) is 8.66. The second kappa shape index (κ2) is 9.19.